The molecule has 1 saturated carbocycles. The second-order valence-corrected chi connectivity index (χ2v) is 4.63. The molecule has 0 aliphatic heterocycles. The molecule has 0 aromatic heterocycles. The molecule has 1 aliphatic rings. The molecule has 0 spiro atoms. The molecule has 2 rings (SSSR count). The van der Waals surface area contributed by atoms with Gasteiger partial charge in [0, 0.05) is 0 Å². The number of hydrogen-bond donors (Lipinski definition) is 1. The zero-order valence-corrected chi connectivity index (χ0v) is 9.93. The number of nitriles is 1. The van der Waals surface area contributed by atoms with Gasteiger partial charge in [0.05, 0.1) is 18.2 Å². The van der Waals surface area contributed by atoms with Crippen LogP contribution in [0.25, 0.3) is 0 Å². The molecule has 17 heavy (non-hydrogen) atoms. The highest BCUT2D eigenvalue weighted by Crippen LogP contribution is 2.31. The van der Waals surface area contributed by atoms with Crippen LogP contribution in [0.2, 0.25) is 0 Å². The van der Waals surface area contributed by atoms with Gasteiger partial charge < -0.3 is 10.5 Å². The molecule has 1 aliphatic carbocycles. The molecule has 3 nitrogen and oxygen atoms in total. The molecular weight excluding hydrogens is 212 g/mol. The number of rotatable bonds is 4. The van der Waals surface area contributed by atoms with Gasteiger partial charge in [0.1, 0.15) is 5.75 Å². The van der Waals surface area contributed by atoms with E-state index in [1.807, 2.05) is 12.1 Å². The van der Waals surface area contributed by atoms with Crippen molar-refractivity contribution in [2.24, 2.45) is 17.6 Å². The number of nitrogens with zero attached hydrogens (tertiary/aromatic N) is 1. The lowest BCUT2D eigenvalue weighted by Crippen LogP contribution is -2.23. The lowest BCUT2D eigenvalue weighted by Gasteiger charge is -2.18. The molecule has 0 amide bonds. The van der Waals surface area contributed by atoms with Crippen molar-refractivity contribution in [2.45, 2.75) is 19.3 Å². The number of hydrogen-bond acceptors (Lipinski definition) is 3. The van der Waals surface area contributed by atoms with E-state index in [-0.39, 0.29) is 0 Å². The summed E-state index contributed by atoms with van der Waals surface area (Å²) in [6.45, 7) is 1.51. The number of ether oxygens (including phenoxy) is 1. The standard InChI is InChI=1S/C14H18N2O/c15-8-11-4-6-14(7-5-11)17-10-13-3-1-2-12(13)9-16/h4-7,12-13H,1-3,9-10,16H2. The Hall–Kier alpha value is -1.53. The zero-order chi connectivity index (χ0) is 12.1. The van der Waals surface area contributed by atoms with Crippen LogP contribution in [0.1, 0.15) is 24.8 Å². The molecule has 1 fully saturated rings. The van der Waals surface area contributed by atoms with Gasteiger partial charge in [-0.3, -0.25) is 0 Å². The molecular formula is C14H18N2O. The predicted molar refractivity (Wildman–Crippen MR) is 66.5 cm³/mol. The van der Waals surface area contributed by atoms with Crippen LogP contribution in [0.5, 0.6) is 5.75 Å². The topological polar surface area (TPSA) is 59.0 Å². The Balaban J connectivity index is 1.87. The van der Waals surface area contributed by atoms with Crippen molar-refractivity contribution in [3.05, 3.63) is 29.8 Å². The Labute approximate surface area is 102 Å². The van der Waals surface area contributed by atoms with Crippen LogP contribution in [0.4, 0.5) is 0 Å². The van der Waals surface area contributed by atoms with E-state index in [4.69, 9.17) is 15.7 Å². The molecule has 0 radical (unpaired) electrons. The van der Waals surface area contributed by atoms with Crippen molar-refractivity contribution in [1.82, 2.24) is 0 Å². The van der Waals surface area contributed by atoms with Gasteiger partial charge in [0.15, 0.2) is 0 Å². The Morgan fingerprint density at radius 1 is 1.24 bits per heavy atom. The van der Waals surface area contributed by atoms with Gasteiger partial charge in [-0.05, 0) is 55.5 Å². The molecule has 2 atom stereocenters. The first-order valence-corrected chi connectivity index (χ1v) is 6.16. The fourth-order valence-electron chi connectivity index (χ4n) is 2.47. The highest BCUT2D eigenvalue weighted by molar-refractivity contribution is 5.34. The summed E-state index contributed by atoms with van der Waals surface area (Å²) < 4.78 is 5.76. The molecule has 0 saturated heterocycles. The summed E-state index contributed by atoms with van der Waals surface area (Å²) in [5.41, 5.74) is 6.40. The fraction of sp³-hybridized carbons (Fsp3) is 0.500. The highest BCUT2D eigenvalue weighted by Gasteiger charge is 2.26. The second-order valence-electron chi connectivity index (χ2n) is 4.63. The predicted octanol–water partition coefficient (Wildman–Crippen LogP) is 2.31. The first kappa shape index (κ1) is 11.9. The van der Waals surface area contributed by atoms with Crippen molar-refractivity contribution in [3.8, 4) is 11.8 Å². The van der Waals surface area contributed by atoms with Crippen LogP contribution in [0, 0.1) is 23.2 Å². The van der Waals surface area contributed by atoms with Crippen molar-refractivity contribution >= 4 is 0 Å². The summed E-state index contributed by atoms with van der Waals surface area (Å²) in [5, 5.41) is 8.69. The van der Waals surface area contributed by atoms with Gasteiger partial charge in [-0.25, -0.2) is 0 Å². The van der Waals surface area contributed by atoms with Crippen LogP contribution in [0.15, 0.2) is 24.3 Å². The summed E-state index contributed by atoms with van der Waals surface area (Å²) in [6.07, 6.45) is 3.72. The minimum atomic E-state index is 0.593. The Kier molecular flexibility index (Phi) is 4.00. The molecule has 0 bridgehead atoms. The Morgan fingerprint density at radius 2 is 1.94 bits per heavy atom. The maximum Gasteiger partial charge on any atom is 0.119 e. The van der Waals surface area contributed by atoms with Gasteiger partial charge >= 0.3 is 0 Å². The van der Waals surface area contributed by atoms with Crippen molar-refractivity contribution < 1.29 is 4.74 Å². The molecule has 3 heteroatoms. The summed E-state index contributed by atoms with van der Waals surface area (Å²) in [7, 11) is 0. The van der Waals surface area contributed by atoms with E-state index in [2.05, 4.69) is 6.07 Å². The SMILES string of the molecule is N#Cc1ccc(OCC2CCCC2CN)cc1. The average Bonchev–Trinajstić information content (AvgIpc) is 2.84. The van der Waals surface area contributed by atoms with Crippen LogP contribution >= 0.6 is 0 Å². The fourth-order valence-corrected chi connectivity index (χ4v) is 2.47. The van der Waals surface area contributed by atoms with E-state index in [0.29, 0.717) is 17.4 Å². The van der Waals surface area contributed by atoms with Crippen LogP contribution in [-0.4, -0.2) is 13.2 Å². The Morgan fingerprint density at radius 3 is 2.59 bits per heavy atom. The largest absolute Gasteiger partial charge is 0.493 e. The van der Waals surface area contributed by atoms with E-state index in [0.717, 1.165) is 18.9 Å². The van der Waals surface area contributed by atoms with E-state index < -0.39 is 0 Å². The maximum atomic E-state index is 8.69. The minimum Gasteiger partial charge on any atom is -0.493 e. The molecule has 1 aromatic carbocycles. The third kappa shape index (κ3) is 2.98. The van der Waals surface area contributed by atoms with Crippen molar-refractivity contribution in [1.29, 1.82) is 5.26 Å². The summed E-state index contributed by atoms with van der Waals surface area (Å²) >= 11 is 0. The normalized spacial score (nSPS) is 23.3. The van der Waals surface area contributed by atoms with E-state index >= 15 is 0 Å². The van der Waals surface area contributed by atoms with E-state index in [1.165, 1.54) is 19.3 Å². The van der Waals surface area contributed by atoms with E-state index in [1.54, 1.807) is 12.1 Å². The molecule has 0 heterocycles. The number of benzene rings is 1. The molecule has 90 valence electrons. The highest BCUT2D eigenvalue weighted by atomic mass is 16.5. The summed E-state index contributed by atoms with van der Waals surface area (Å²) in [6, 6.07) is 9.36. The summed E-state index contributed by atoms with van der Waals surface area (Å²) in [4.78, 5) is 0. The van der Waals surface area contributed by atoms with Gasteiger partial charge in [-0.2, -0.15) is 5.26 Å². The monoisotopic (exact) mass is 230 g/mol. The third-order valence-electron chi connectivity index (χ3n) is 3.57. The maximum absolute atomic E-state index is 8.69. The quantitative estimate of drug-likeness (QED) is 0.863. The molecule has 2 N–H and O–H groups in total. The zero-order valence-electron chi connectivity index (χ0n) is 9.93. The molecule has 2 unspecified atom stereocenters. The van der Waals surface area contributed by atoms with Gasteiger partial charge in [0.2, 0.25) is 0 Å². The minimum absolute atomic E-state index is 0.593. The van der Waals surface area contributed by atoms with Crippen LogP contribution < -0.4 is 10.5 Å². The van der Waals surface area contributed by atoms with E-state index in [9.17, 15) is 0 Å². The van der Waals surface area contributed by atoms with Crippen LogP contribution in [0.3, 0.4) is 0 Å². The average molecular weight is 230 g/mol. The molecule has 1 aromatic rings. The van der Waals surface area contributed by atoms with Gasteiger partial charge in [-0.15, -0.1) is 0 Å². The van der Waals surface area contributed by atoms with Gasteiger partial charge in [-0.1, -0.05) is 6.42 Å². The smallest absolute Gasteiger partial charge is 0.119 e. The van der Waals surface area contributed by atoms with Crippen molar-refractivity contribution in [2.75, 3.05) is 13.2 Å². The summed E-state index contributed by atoms with van der Waals surface area (Å²) in [5.74, 6) is 2.05. The second kappa shape index (κ2) is 5.70. The first-order valence-electron chi connectivity index (χ1n) is 6.16. The number of nitrogens with two attached hydrogens (primary N) is 1. The van der Waals surface area contributed by atoms with Gasteiger partial charge in [0.25, 0.3) is 0 Å². The van der Waals surface area contributed by atoms with Crippen LogP contribution in [-0.2, 0) is 0 Å². The Bertz CT molecular complexity index is 394. The van der Waals surface area contributed by atoms with Crippen molar-refractivity contribution in [3.63, 3.8) is 0 Å². The lowest BCUT2D eigenvalue weighted by atomic mass is 9.97. The first-order chi connectivity index (χ1) is 8.33. The lowest BCUT2D eigenvalue weighted by molar-refractivity contribution is 0.217. The third-order valence-corrected chi connectivity index (χ3v) is 3.57.